The standard InChI is InChI=1S/C23H23N3O3/c1-15-12-16-6-4-5-7-20(16)26(15)18-10-11-24-19(14-18)23(27)25-17-8-9-21(28-2)22(13-17)29-3/h4-11,13-15H,12H2,1-3H3,(H,25,27). The molecule has 1 unspecified atom stereocenters. The first-order valence-electron chi connectivity index (χ1n) is 9.47. The number of fused-ring (bicyclic) bond motifs is 1. The molecular weight excluding hydrogens is 366 g/mol. The molecule has 0 fully saturated rings. The Hall–Kier alpha value is -3.54. The lowest BCUT2D eigenvalue weighted by atomic mass is 10.1. The molecule has 1 aromatic heterocycles. The molecule has 0 bridgehead atoms. The third-order valence-corrected chi connectivity index (χ3v) is 5.10. The summed E-state index contributed by atoms with van der Waals surface area (Å²) in [5, 5.41) is 2.88. The van der Waals surface area contributed by atoms with Crippen LogP contribution in [0.25, 0.3) is 0 Å². The maximum atomic E-state index is 12.8. The normalized spacial score (nSPS) is 15.0. The molecule has 3 aromatic rings. The number of carbonyl (C=O) groups excluding carboxylic acids is 1. The number of anilines is 3. The molecule has 2 heterocycles. The van der Waals surface area contributed by atoms with Crippen LogP contribution in [-0.4, -0.2) is 31.2 Å². The van der Waals surface area contributed by atoms with E-state index in [2.05, 4.69) is 40.3 Å². The van der Waals surface area contributed by atoms with Gasteiger partial charge in [-0.1, -0.05) is 18.2 Å². The quantitative estimate of drug-likeness (QED) is 0.699. The molecule has 1 N–H and O–H groups in total. The molecule has 2 aromatic carbocycles. The molecule has 6 nitrogen and oxygen atoms in total. The van der Waals surface area contributed by atoms with Crippen LogP contribution in [0.1, 0.15) is 23.0 Å². The van der Waals surface area contributed by atoms with Gasteiger partial charge >= 0.3 is 0 Å². The van der Waals surface area contributed by atoms with Crippen LogP contribution >= 0.6 is 0 Å². The molecule has 0 saturated heterocycles. The van der Waals surface area contributed by atoms with E-state index in [-0.39, 0.29) is 5.91 Å². The van der Waals surface area contributed by atoms with Crippen molar-refractivity contribution in [3.8, 4) is 11.5 Å². The minimum atomic E-state index is -0.279. The van der Waals surface area contributed by atoms with E-state index in [9.17, 15) is 4.79 Å². The summed E-state index contributed by atoms with van der Waals surface area (Å²) in [6, 6.07) is 17.7. The SMILES string of the molecule is COc1ccc(NC(=O)c2cc(N3c4ccccc4CC3C)ccn2)cc1OC. The fourth-order valence-electron chi connectivity index (χ4n) is 3.76. The second-order valence-electron chi connectivity index (χ2n) is 6.98. The van der Waals surface area contributed by atoms with Crippen LogP contribution in [0.4, 0.5) is 17.1 Å². The van der Waals surface area contributed by atoms with Crippen LogP contribution in [0.2, 0.25) is 0 Å². The molecule has 0 spiro atoms. The summed E-state index contributed by atoms with van der Waals surface area (Å²) in [4.78, 5) is 19.3. The third kappa shape index (κ3) is 3.61. The van der Waals surface area contributed by atoms with Crippen molar-refractivity contribution in [2.24, 2.45) is 0 Å². The first-order valence-corrected chi connectivity index (χ1v) is 9.47. The van der Waals surface area contributed by atoms with Crippen LogP contribution in [-0.2, 0) is 6.42 Å². The fourth-order valence-corrected chi connectivity index (χ4v) is 3.76. The van der Waals surface area contributed by atoms with Crippen LogP contribution in [0.15, 0.2) is 60.8 Å². The van der Waals surface area contributed by atoms with E-state index in [0.29, 0.717) is 28.9 Å². The number of nitrogens with one attached hydrogen (secondary N) is 1. The average molecular weight is 389 g/mol. The van der Waals surface area contributed by atoms with Crippen molar-refractivity contribution < 1.29 is 14.3 Å². The molecule has 1 atom stereocenters. The van der Waals surface area contributed by atoms with E-state index in [1.807, 2.05) is 18.2 Å². The Bertz CT molecular complexity index is 1050. The second-order valence-corrected chi connectivity index (χ2v) is 6.98. The summed E-state index contributed by atoms with van der Waals surface area (Å²) in [6.45, 7) is 2.18. The number of hydrogen-bond donors (Lipinski definition) is 1. The van der Waals surface area contributed by atoms with Gasteiger partial charge < -0.3 is 19.7 Å². The van der Waals surface area contributed by atoms with Gasteiger partial charge in [0.1, 0.15) is 5.69 Å². The van der Waals surface area contributed by atoms with E-state index in [1.54, 1.807) is 38.6 Å². The van der Waals surface area contributed by atoms with Crippen LogP contribution in [0.5, 0.6) is 11.5 Å². The summed E-state index contributed by atoms with van der Waals surface area (Å²) in [5.74, 6) is 0.876. The lowest BCUT2D eigenvalue weighted by Gasteiger charge is -2.25. The highest BCUT2D eigenvalue weighted by molar-refractivity contribution is 6.03. The first kappa shape index (κ1) is 18.8. The molecule has 0 aliphatic carbocycles. The van der Waals surface area contributed by atoms with Crippen molar-refractivity contribution >= 4 is 23.0 Å². The molecular formula is C23H23N3O3. The lowest BCUT2D eigenvalue weighted by molar-refractivity contribution is 0.102. The molecule has 0 radical (unpaired) electrons. The van der Waals surface area contributed by atoms with Gasteiger partial charge in [-0.15, -0.1) is 0 Å². The number of aromatic nitrogens is 1. The number of pyridine rings is 1. The smallest absolute Gasteiger partial charge is 0.274 e. The molecule has 0 saturated carbocycles. The molecule has 6 heteroatoms. The highest BCUT2D eigenvalue weighted by Crippen LogP contribution is 2.38. The van der Waals surface area contributed by atoms with Crippen molar-refractivity contribution in [1.29, 1.82) is 0 Å². The predicted molar refractivity (Wildman–Crippen MR) is 113 cm³/mol. The van der Waals surface area contributed by atoms with Crippen molar-refractivity contribution in [1.82, 2.24) is 4.98 Å². The van der Waals surface area contributed by atoms with Gasteiger partial charge in [0, 0.05) is 35.4 Å². The summed E-state index contributed by atoms with van der Waals surface area (Å²) < 4.78 is 10.5. The van der Waals surface area contributed by atoms with Gasteiger partial charge in [0.05, 0.1) is 14.2 Å². The monoisotopic (exact) mass is 389 g/mol. The molecule has 1 aliphatic rings. The maximum absolute atomic E-state index is 12.8. The van der Waals surface area contributed by atoms with Crippen molar-refractivity contribution in [3.05, 3.63) is 72.1 Å². The van der Waals surface area contributed by atoms with Gasteiger partial charge in [0.25, 0.3) is 5.91 Å². The number of amides is 1. The molecule has 1 amide bonds. The van der Waals surface area contributed by atoms with Gasteiger partial charge in [-0.25, -0.2) is 0 Å². The highest BCUT2D eigenvalue weighted by Gasteiger charge is 2.27. The number of nitrogens with zero attached hydrogens (tertiary/aromatic N) is 2. The molecule has 1 aliphatic heterocycles. The van der Waals surface area contributed by atoms with Crippen molar-refractivity contribution in [2.75, 3.05) is 24.4 Å². The zero-order valence-electron chi connectivity index (χ0n) is 16.7. The molecule has 148 valence electrons. The fraction of sp³-hybridized carbons (Fsp3) is 0.217. The van der Waals surface area contributed by atoms with Crippen LogP contribution in [0.3, 0.4) is 0 Å². The van der Waals surface area contributed by atoms with Crippen molar-refractivity contribution in [3.63, 3.8) is 0 Å². The molecule has 4 rings (SSSR count). The Morgan fingerprint density at radius 2 is 1.86 bits per heavy atom. The maximum Gasteiger partial charge on any atom is 0.274 e. The Kier molecular flexibility index (Phi) is 5.08. The predicted octanol–water partition coefficient (Wildman–Crippen LogP) is 4.43. The summed E-state index contributed by atoms with van der Waals surface area (Å²) >= 11 is 0. The Morgan fingerprint density at radius 1 is 1.07 bits per heavy atom. The zero-order chi connectivity index (χ0) is 20.4. The Balaban J connectivity index is 1.59. The number of carbonyl (C=O) groups is 1. The van der Waals surface area contributed by atoms with Gasteiger partial charge in [0.2, 0.25) is 0 Å². The number of hydrogen-bond acceptors (Lipinski definition) is 5. The van der Waals surface area contributed by atoms with E-state index < -0.39 is 0 Å². The van der Waals surface area contributed by atoms with Gasteiger partial charge in [-0.3, -0.25) is 9.78 Å². The minimum absolute atomic E-state index is 0.279. The average Bonchev–Trinajstić information content (AvgIpc) is 3.09. The topological polar surface area (TPSA) is 63.7 Å². The second kappa shape index (κ2) is 7.83. The number of benzene rings is 2. The van der Waals surface area contributed by atoms with E-state index in [4.69, 9.17) is 9.47 Å². The Morgan fingerprint density at radius 3 is 2.66 bits per heavy atom. The van der Waals surface area contributed by atoms with Gasteiger partial charge in [0.15, 0.2) is 11.5 Å². The number of rotatable bonds is 5. The summed E-state index contributed by atoms with van der Waals surface area (Å²) in [7, 11) is 3.13. The van der Waals surface area contributed by atoms with E-state index >= 15 is 0 Å². The zero-order valence-corrected chi connectivity index (χ0v) is 16.7. The summed E-state index contributed by atoms with van der Waals surface area (Å²) in [5.41, 5.74) is 4.41. The number of methoxy groups -OCH3 is 2. The summed E-state index contributed by atoms with van der Waals surface area (Å²) in [6.07, 6.45) is 2.65. The third-order valence-electron chi connectivity index (χ3n) is 5.10. The largest absolute Gasteiger partial charge is 0.493 e. The van der Waals surface area contributed by atoms with Crippen LogP contribution in [0, 0.1) is 0 Å². The van der Waals surface area contributed by atoms with E-state index in [1.165, 1.54) is 11.3 Å². The van der Waals surface area contributed by atoms with E-state index in [0.717, 1.165) is 12.1 Å². The molecule has 29 heavy (non-hydrogen) atoms. The first-order chi connectivity index (χ1) is 14.1. The Labute approximate surface area is 170 Å². The number of para-hydroxylation sites is 1. The van der Waals surface area contributed by atoms with Crippen molar-refractivity contribution in [2.45, 2.75) is 19.4 Å². The minimum Gasteiger partial charge on any atom is -0.493 e. The number of ether oxygens (including phenoxy) is 2. The van der Waals surface area contributed by atoms with Gasteiger partial charge in [-0.2, -0.15) is 0 Å². The lowest BCUT2D eigenvalue weighted by Crippen LogP contribution is -2.24. The van der Waals surface area contributed by atoms with Crippen LogP contribution < -0.4 is 19.7 Å². The highest BCUT2D eigenvalue weighted by atomic mass is 16.5. The van der Waals surface area contributed by atoms with Gasteiger partial charge in [-0.05, 0) is 49.2 Å².